The van der Waals surface area contributed by atoms with Crippen LogP contribution in [0.4, 0.5) is 0 Å². The van der Waals surface area contributed by atoms with Crippen molar-refractivity contribution in [1.29, 1.82) is 0 Å². The Balaban J connectivity index is 0.00000306. The average molecular weight is 559 g/mol. The highest BCUT2D eigenvalue weighted by Crippen LogP contribution is 2.27. The van der Waals surface area contributed by atoms with Gasteiger partial charge in [0.1, 0.15) is 12.4 Å². The van der Waals surface area contributed by atoms with E-state index in [9.17, 15) is 0 Å². The summed E-state index contributed by atoms with van der Waals surface area (Å²) in [6, 6.07) is 21.5. The maximum absolute atomic E-state index is 4.81. The first-order chi connectivity index (χ1) is 15.8. The van der Waals surface area contributed by atoms with Crippen LogP contribution in [0.5, 0.6) is 0 Å². The van der Waals surface area contributed by atoms with Crippen LogP contribution in [0.15, 0.2) is 65.7 Å². The maximum atomic E-state index is 4.81. The molecule has 7 heteroatoms. The maximum Gasteiger partial charge on any atom is 0.191 e. The number of aliphatic imine (C=N–C) groups is 1. The molecule has 0 radical (unpaired) electrons. The van der Waals surface area contributed by atoms with Crippen LogP contribution >= 0.6 is 24.0 Å². The Morgan fingerprint density at radius 1 is 0.939 bits per heavy atom. The summed E-state index contributed by atoms with van der Waals surface area (Å²) >= 11 is 0. The van der Waals surface area contributed by atoms with Crippen LogP contribution in [0, 0.1) is 0 Å². The van der Waals surface area contributed by atoms with E-state index < -0.39 is 0 Å². The normalized spacial score (nSPS) is 13.7. The van der Waals surface area contributed by atoms with Gasteiger partial charge in [-0.05, 0) is 37.3 Å². The lowest BCUT2D eigenvalue weighted by Crippen LogP contribution is -2.38. The quantitative estimate of drug-likeness (QED) is 0.235. The summed E-state index contributed by atoms with van der Waals surface area (Å²) in [5, 5.41) is 15.7. The molecule has 176 valence electrons. The van der Waals surface area contributed by atoms with E-state index in [0.717, 1.165) is 50.1 Å². The highest BCUT2D eigenvalue weighted by molar-refractivity contribution is 14.0. The van der Waals surface area contributed by atoms with Gasteiger partial charge in [-0.2, -0.15) is 0 Å². The molecule has 0 atom stereocenters. The third-order valence-corrected chi connectivity index (χ3v) is 6.04. The van der Waals surface area contributed by atoms with Crippen molar-refractivity contribution in [3.8, 4) is 0 Å². The number of benzene rings is 2. The molecule has 4 rings (SSSR count). The summed E-state index contributed by atoms with van der Waals surface area (Å²) < 4.78 is 2.26. The molecular formula is C26H35IN6. The number of aryl methyl sites for hydroxylation is 1. The molecule has 1 aliphatic rings. The van der Waals surface area contributed by atoms with E-state index in [0.29, 0.717) is 12.5 Å². The van der Waals surface area contributed by atoms with Gasteiger partial charge in [-0.1, -0.05) is 67.1 Å². The fourth-order valence-corrected chi connectivity index (χ4v) is 4.39. The van der Waals surface area contributed by atoms with E-state index in [1.165, 1.54) is 30.4 Å². The van der Waals surface area contributed by atoms with Crippen molar-refractivity contribution in [2.75, 3.05) is 13.1 Å². The molecule has 0 fully saturated rings. The third kappa shape index (κ3) is 7.03. The van der Waals surface area contributed by atoms with Crippen molar-refractivity contribution >= 4 is 29.9 Å². The second kappa shape index (κ2) is 13.3. The van der Waals surface area contributed by atoms with Gasteiger partial charge >= 0.3 is 0 Å². The van der Waals surface area contributed by atoms with E-state index >= 15 is 0 Å². The Labute approximate surface area is 214 Å². The number of halogens is 1. The van der Waals surface area contributed by atoms with Crippen LogP contribution in [0.1, 0.15) is 61.3 Å². The first kappa shape index (κ1) is 25.2. The number of fused-ring (bicyclic) bond motifs is 1. The average Bonchev–Trinajstić information content (AvgIpc) is 3.07. The zero-order chi connectivity index (χ0) is 22.0. The minimum absolute atomic E-state index is 0. The van der Waals surface area contributed by atoms with Crippen molar-refractivity contribution in [3.05, 3.63) is 83.4 Å². The van der Waals surface area contributed by atoms with Crippen LogP contribution in [0.3, 0.4) is 0 Å². The minimum Gasteiger partial charge on any atom is -0.357 e. The van der Waals surface area contributed by atoms with Gasteiger partial charge in [0, 0.05) is 32.0 Å². The zero-order valence-electron chi connectivity index (χ0n) is 19.4. The topological polar surface area (TPSA) is 67.1 Å². The van der Waals surface area contributed by atoms with E-state index in [1.807, 2.05) is 0 Å². The van der Waals surface area contributed by atoms with Crippen molar-refractivity contribution in [2.24, 2.45) is 4.99 Å². The van der Waals surface area contributed by atoms with E-state index in [4.69, 9.17) is 4.99 Å². The molecule has 0 unspecified atom stereocenters. The van der Waals surface area contributed by atoms with Gasteiger partial charge in [0.2, 0.25) is 0 Å². The van der Waals surface area contributed by atoms with Gasteiger partial charge < -0.3 is 15.2 Å². The lowest BCUT2D eigenvalue weighted by Gasteiger charge is -2.19. The van der Waals surface area contributed by atoms with Crippen LogP contribution < -0.4 is 10.6 Å². The predicted molar refractivity (Wildman–Crippen MR) is 145 cm³/mol. The largest absolute Gasteiger partial charge is 0.357 e. The minimum atomic E-state index is 0. The number of rotatable bonds is 8. The number of aromatic nitrogens is 3. The first-order valence-electron chi connectivity index (χ1n) is 11.9. The van der Waals surface area contributed by atoms with Crippen molar-refractivity contribution in [3.63, 3.8) is 0 Å². The molecule has 0 bridgehead atoms. The van der Waals surface area contributed by atoms with E-state index in [1.54, 1.807) is 0 Å². The Morgan fingerprint density at radius 2 is 1.64 bits per heavy atom. The van der Waals surface area contributed by atoms with Gasteiger partial charge in [0.15, 0.2) is 11.8 Å². The van der Waals surface area contributed by atoms with E-state index in [2.05, 4.69) is 93.0 Å². The molecule has 2 heterocycles. The van der Waals surface area contributed by atoms with Gasteiger partial charge in [-0.15, -0.1) is 34.2 Å². The molecule has 0 aliphatic carbocycles. The zero-order valence-corrected chi connectivity index (χ0v) is 21.7. The summed E-state index contributed by atoms with van der Waals surface area (Å²) in [7, 11) is 0. The number of nitrogens with zero attached hydrogens (tertiary/aromatic N) is 4. The summed E-state index contributed by atoms with van der Waals surface area (Å²) in [5.74, 6) is 3.25. The Hall–Kier alpha value is -2.42. The monoisotopic (exact) mass is 558 g/mol. The fourth-order valence-electron chi connectivity index (χ4n) is 4.39. The standard InChI is InChI=1S/C26H34N6.HI/c1-2-27-26(29-20-25-31-30-24-16-10-5-11-19-32(24)25)28-18-17-23(21-12-6-3-7-13-21)22-14-8-4-9-15-22;/h3-4,6-9,12-15,23H,2,5,10-11,16-20H2,1H3,(H2,27,28,29);1H. The summed E-state index contributed by atoms with van der Waals surface area (Å²) in [6.07, 6.45) is 5.67. The fraction of sp³-hybridized carbons (Fsp3) is 0.423. The summed E-state index contributed by atoms with van der Waals surface area (Å²) in [6.45, 7) is 5.30. The molecule has 3 aromatic rings. The van der Waals surface area contributed by atoms with Gasteiger partial charge in [0.05, 0.1) is 0 Å². The molecule has 33 heavy (non-hydrogen) atoms. The lowest BCUT2D eigenvalue weighted by molar-refractivity contribution is 0.605. The smallest absolute Gasteiger partial charge is 0.191 e. The van der Waals surface area contributed by atoms with Gasteiger partial charge in [-0.25, -0.2) is 4.99 Å². The molecule has 1 aliphatic heterocycles. The van der Waals surface area contributed by atoms with Crippen molar-refractivity contribution in [2.45, 2.75) is 58.0 Å². The third-order valence-electron chi connectivity index (χ3n) is 6.04. The van der Waals surface area contributed by atoms with Gasteiger partial charge in [-0.3, -0.25) is 0 Å². The Morgan fingerprint density at radius 3 is 2.30 bits per heavy atom. The van der Waals surface area contributed by atoms with Crippen LogP contribution in [-0.4, -0.2) is 33.8 Å². The molecule has 2 N–H and O–H groups in total. The first-order valence-corrected chi connectivity index (χ1v) is 11.9. The molecule has 1 aromatic heterocycles. The molecule has 6 nitrogen and oxygen atoms in total. The second-order valence-corrected chi connectivity index (χ2v) is 8.28. The predicted octanol–water partition coefficient (Wildman–Crippen LogP) is 4.90. The molecule has 0 saturated carbocycles. The molecule has 0 amide bonds. The molecule has 0 saturated heterocycles. The summed E-state index contributed by atoms with van der Waals surface area (Å²) in [4.78, 5) is 4.81. The van der Waals surface area contributed by atoms with Crippen molar-refractivity contribution in [1.82, 2.24) is 25.4 Å². The van der Waals surface area contributed by atoms with E-state index in [-0.39, 0.29) is 24.0 Å². The van der Waals surface area contributed by atoms with Gasteiger partial charge in [0.25, 0.3) is 0 Å². The Kier molecular flexibility index (Phi) is 10.2. The molecule has 2 aromatic carbocycles. The molecule has 0 spiro atoms. The Bertz CT molecular complexity index is 947. The number of guanidine groups is 1. The lowest BCUT2D eigenvalue weighted by atomic mass is 9.88. The highest BCUT2D eigenvalue weighted by atomic mass is 127. The SMILES string of the molecule is CCNC(=NCc1nnc2n1CCCCC2)NCCC(c1ccccc1)c1ccccc1.I. The van der Waals surface area contributed by atoms with Crippen LogP contribution in [0.2, 0.25) is 0 Å². The number of hydrogen-bond donors (Lipinski definition) is 2. The second-order valence-electron chi connectivity index (χ2n) is 8.28. The van der Waals surface area contributed by atoms with Crippen LogP contribution in [0.25, 0.3) is 0 Å². The summed E-state index contributed by atoms with van der Waals surface area (Å²) in [5.41, 5.74) is 2.68. The van der Waals surface area contributed by atoms with Crippen molar-refractivity contribution < 1.29 is 0 Å². The number of nitrogens with one attached hydrogen (secondary N) is 2. The molecular weight excluding hydrogens is 523 g/mol. The van der Waals surface area contributed by atoms with Crippen LogP contribution in [-0.2, 0) is 19.5 Å². The number of hydrogen-bond acceptors (Lipinski definition) is 3. The highest BCUT2D eigenvalue weighted by Gasteiger charge is 2.15.